The largest absolute Gasteiger partial charge is 0.497 e. The van der Waals surface area contributed by atoms with Gasteiger partial charge in [0.25, 0.3) is 0 Å². The molecule has 0 bridgehead atoms. The third kappa shape index (κ3) is 5.81. The highest BCUT2D eigenvalue weighted by Gasteiger charge is 2.43. The van der Waals surface area contributed by atoms with Crippen LogP contribution >= 0.6 is 0 Å². The van der Waals surface area contributed by atoms with Gasteiger partial charge in [0.2, 0.25) is 5.91 Å². The number of carbonyl (C=O) groups excluding carboxylic acids is 2. The SMILES string of the molecule is COc1ccc(OCC(O)[C@@H]2CCCN2C(=O)[C@@H]2CCCN2C(=O)OC(C)(C)C)cc1. The van der Waals surface area contributed by atoms with Crippen molar-refractivity contribution >= 4 is 12.0 Å². The number of aliphatic hydroxyl groups excluding tert-OH is 1. The minimum absolute atomic E-state index is 0.0845. The van der Waals surface area contributed by atoms with Crippen LogP contribution in [-0.2, 0) is 9.53 Å². The lowest BCUT2D eigenvalue weighted by molar-refractivity contribution is -0.139. The van der Waals surface area contributed by atoms with Crippen molar-refractivity contribution in [1.82, 2.24) is 9.80 Å². The van der Waals surface area contributed by atoms with Gasteiger partial charge in [-0.1, -0.05) is 0 Å². The normalized spacial score (nSPS) is 22.4. The van der Waals surface area contributed by atoms with Gasteiger partial charge < -0.3 is 24.2 Å². The molecule has 0 aliphatic carbocycles. The van der Waals surface area contributed by atoms with Gasteiger partial charge >= 0.3 is 6.09 Å². The zero-order valence-corrected chi connectivity index (χ0v) is 18.9. The summed E-state index contributed by atoms with van der Waals surface area (Å²) in [6.07, 6.45) is 1.62. The van der Waals surface area contributed by atoms with Crippen LogP contribution < -0.4 is 9.47 Å². The van der Waals surface area contributed by atoms with Crippen LogP contribution in [0.25, 0.3) is 0 Å². The van der Waals surface area contributed by atoms with Crippen molar-refractivity contribution in [3.05, 3.63) is 24.3 Å². The molecule has 1 N–H and O–H groups in total. The molecule has 0 aromatic heterocycles. The van der Waals surface area contributed by atoms with E-state index in [0.717, 1.165) is 18.6 Å². The zero-order chi connectivity index (χ0) is 22.6. The highest BCUT2D eigenvalue weighted by atomic mass is 16.6. The number of methoxy groups -OCH3 is 1. The first kappa shape index (κ1) is 23.2. The molecule has 2 saturated heterocycles. The smallest absolute Gasteiger partial charge is 0.410 e. The molecule has 8 heteroatoms. The molecule has 1 aromatic carbocycles. The highest BCUT2D eigenvalue weighted by Crippen LogP contribution is 2.28. The minimum Gasteiger partial charge on any atom is -0.497 e. The Morgan fingerprint density at radius 1 is 1.06 bits per heavy atom. The number of hydrogen-bond acceptors (Lipinski definition) is 6. The predicted octanol–water partition coefficient (Wildman–Crippen LogP) is 2.83. The average molecular weight is 435 g/mol. The number of aliphatic hydroxyl groups is 1. The summed E-state index contributed by atoms with van der Waals surface area (Å²) < 4.78 is 16.3. The number of carbonyl (C=O) groups is 2. The van der Waals surface area contributed by atoms with Crippen LogP contribution in [0.2, 0.25) is 0 Å². The third-order valence-electron chi connectivity index (χ3n) is 5.67. The lowest BCUT2D eigenvalue weighted by atomic mass is 10.1. The van der Waals surface area contributed by atoms with Gasteiger partial charge in [-0.05, 0) is 70.7 Å². The molecule has 0 spiro atoms. The molecule has 8 nitrogen and oxygen atoms in total. The summed E-state index contributed by atoms with van der Waals surface area (Å²) in [4.78, 5) is 29.1. The van der Waals surface area contributed by atoms with Crippen LogP contribution in [0.15, 0.2) is 24.3 Å². The van der Waals surface area contributed by atoms with E-state index in [-0.39, 0.29) is 18.6 Å². The van der Waals surface area contributed by atoms with Crippen LogP contribution in [0.1, 0.15) is 46.5 Å². The number of likely N-dealkylation sites (tertiary alicyclic amines) is 2. The van der Waals surface area contributed by atoms with E-state index in [0.29, 0.717) is 31.7 Å². The van der Waals surface area contributed by atoms with Crippen LogP contribution in [0.5, 0.6) is 11.5 Å². The number of hydrogen-bond donors (Lipinski definition) is 1. The summed E-state index contributed by atoms with van der Waals surface area (Å²) >= 11 is 0. The highest BCUT2D eigenvalue weighted by molar-refractivity contribution is 5.86. The molecular formula is C23H34N2O6. The van der Waals surface area contributed by atoms with Crippen LogP contribution in [0.4, 0.5) is 4.79 Å². The molecule has 172 valence electrons. The molecule has 1 unspecified atom stereocenters. The Hall–Kier alpha value is -2.48. The first-order valence-corrected chi connectivity index (χ1v) is 10.9. The van der Waals surface area contributed by atoms with E-state index in [1.54, 1.807) is 36.3 Å². The summed E-state index contributed by atoms with van der Waals surface area (Å²) in [5.41, 5.74) is -0.613. The predicted molar refractivity (Wildman–Crippen MR) is 115 cm³/mol. The van der Waals surface area contributed by atoms with Gasteiger partial charge in [-0.25, -0.2) is 4.79 Å². The molecule has 3 rings (SSSR count). The maximum absolute atomic E-state index is 13.3. The first-order chi connectivity index (χ1) is 14.7. The van der Waals surface area contributed by atoms with Crippen molar-refractivity contribution < 1.29 is 28.9 Å². The van der Waals surface area contributed by atoms with E-state index in [9.17, 15) is 14.7 Å². The number of ether oxygens (including phenoxy) is 3. The number of rotatable bonds is 6. The van der Waals surface area contributed by atoms with E-state index < -0.39 is 23.8 Å². The van der Waals surface area contributed by atoms with E-state index in [2.05, 4.69) is 0 Å². The van der Waals surface area contributed by atoms with Gasteiger partial charge in [0.1, 0.15) is 35.9 Å². The Labute approximate surface area is 184 Å². The first-order valence-electron chi connectivity index (χ1n) is 10.9. The molecule has 2 amide bonds. The van der Waals surface area contributed by atoms with Crippen LogP contribution in [-0.4, -0.2) is 77.5 Å². The van der Waals surface area contributed by atoms with E-state index >= 15 is 0 Å². The molecule has 31 heavy (non-hydrogen) atoms. The van der Waals surface area contributed by atoms with Crippen LogP contribution in [0, 0.1) is 0 Å². The maximum atomic E-state index is 13.3. The molecule has 2 heterocycles. The quantitative estimate of drug-likeness (QED) is 0.741. The topological polar surface area (TPSA) is 88.5 Å². The van der Waals surface area contributed by atoms with Crippen molar-refractivity contribution in [2.24, 2.45) is 0 Å². The molecular weight excluding hydrogens is 400 g/mol. The molecule has 2 aliphatic heterocycles. The second-order valence-corrected chi connectivity index (χ2v) is 9.13. The number of nitrogens with zero attached hydrogens (tertiary/aromatic N) is 2. The summed E-state index contributed by atoms with van der Waals surface area (Å²) in [6, 6.07) is 6.27. The van der Waals surface area contributed by atoms with Gasteiger partial charge in [-0.2, -0.15) is 0 Å². The lowest BCUT2D eigenvalue weighted by Gasteiger charge is -2.34. The molecule has 1 aromatic rings. The van der Waals surface area contributed by atoms with Crippen molar-refractivity contribution in [1.29, 1.82) is 0 Å². The van der Waals surface area contributed by atoms with Crippen molar-refractivity contribution in [3.63, 3.8) is 0 Å². The summed E-state index contributed by atoms with van der Waals surface area (Å²) in [7, 11) is 1.60. The van der Waals surface area contributed by atoms with Gasteiger partial charge in [0.15, 0.2) is 0 Å². The lowest BCUT2D eigenvalue weighted by Crippen LogP contribution is -2.53. The van der Waals surface area contributed by atoms with E-state index in [1.165, 1.54) is 4.90 Å². The number of amides is 2. The van der Waals surface area contributed by atoms with Crippen LogP contribution in [0.3, 0.4) is 0 Å². The van der Waals surface area contributed by atoms with Crippen molar-refractivity contribution in [3.8, 4) is 11.5 Å². The Bertz CT molecular complexity index is 760. The monoisotopic (exact) mass is 434 g/mol. The molecule has 0 saturated carbocycles. The standard InChI is InChI=1S/C23H34N2O6/c1-23(2,3)31-22(28)25-14-6-8-19(25)21(27)24-13-5-7-18(24)20(26)15-30-17-11-9-16(29-4)10-12-17/h9-12,18-20,26H,5-8,13-15H2,1-4H3/t18-,19-,20?/m0/s1. The zero-order valence-electron chi connectivity index (χ0n) is 18.9. The molecule has 0 radical (unpaired) electrons. The Balaban J connectivity index is 1.60. The average Bonchev–Trinajstić information content (AvgIpc) is 3.40. The Morgan fingerprint density at radius 3 is 2.32 bits per heavy atom. The van der Waals surface area contributed by atoms with Gasteiger partial charge in [-0.3, -0.25) is 9.69 Å². The fraction of sp³-hybridized carbons (Fsp3) is 0.652. The summed E-state index contributed by atoms with van der Waals surface area (Å²) in [5.74, 6) is 1.24. The Kier molecular flexibility index (Phi) is 7.30. The van der Waals surface area contributed by atoms with Gasteiger partial charge in [0, 0.05) is 13.1 Å². The third-order valence-corrected chi connectivity index (χ3v) is 5.67. The Morgan fingerprint density at radius 2 is 1.68 bits per heavy atom. The second-order valence-electron chi connectivity index (χ2n) is 9.13. The maximum Gasteiger partial charge on any atom is 0.410 e. The van der Waals surface area contributed by atoms with E-state index in [1.807, 2.05) is 20.8 Å². The number of benzene rings is 1. The summed E-state index contributed by atoms with van der Waals surface area (Å²) in [6.45, 7) is 6.60. The molecule has 2 aliphatic rings. The molecule has 3 atom stereocenters. The van der Waals surface area contributed by atoms with E-state index in [4.69, 9.17) is 14.2 Å². The fourth-order valence-corrected chi connectivity index (χ4v) is 4.18. The fourth-order valence-electron chi connectivity index (χ4n) is 4.18. The van der Waals surface area contributed by atoms with Gasteiger partial charge in [-0.15, -0.1) is 0 Å². The van der Waals surface area contributed by atoms with Crippen molar-refractivity contribution in [2.75, 3.05) is 26.8 Å². The molecule has 2 fully saturated rings. The minimum atomic E-state index is -0.815. The second kappa shape index (κ2) is 9.77. The van der Waals surface area contributed by atoms with Gasteiger partial charge in [0.05, 0.1) is 13.2 Å². The van der Waals surface area contributed by atoms with Crippen molar-refractivity contribution in [2.45, 2.75) is 70.2 Å². The summed E-state index contributed by atoms with van der Waals surface area (Å²) in [5, 5.41) is 10.8.